The van der Waals surface area contributed by atoms with Crippen LogP contribution in [0.2, 0.25) is 0 Å². The Bertz CT molecular complexity index is 918. The van der Waals surface area contributed by atoms with Gasteiger partial charge in [-0.25, -0.2) is 4.79 Å². The number of nitrogens with zero attached hydrogens (tertiary/aromatic N) is 1. The highest BCUT2D eigenvalue weighted by Crippen LogP contribution is 2.40. The van der Waals surface area contributed by atoms with Crippen LogP contribution in [0.15, 0.2) is 35.0 Å². The average Bonchev–Trinajstić information content (AvgIpc) is 2.79. The lowest BCUT2D eigenvalue weighted by Gasteiger charge is -2.30. The molecule has 0 spiro atoms. The lowest BCUT2D eigenvalue weighted by Crippen LogP contribution is -3.11. The second-order valence-electron chi connectivity index (χ2n) is 7.36. The molecule has 2 aliphatic rings. The minimum atomic E-state index is -0.627. The van der Waals surface area contributed by atoms with Crippen molar-refractivity contribution >= 4 is 29.0 Å². The second-order valence-corrected chi connectivity index (χ2v) is 7.76. The number of carbonyl (C=O) groups is 1. The maximum atomic E-state index is 12.5. The predicted molar refractivity (Wildman–Crippen MR) is 127 cm³/mol. The zero-order valence-electron chi connectivity index (χ0n) is 19.2. The summed E-state index contributed by atoms with van der Waals surface area (Å²) in [5.41, 5.74) is 1.91. The number of benzene rings is 1. The predicted octanol–water partition coefficient (Wildman–Crippen LogP) is 1.25. The number of rotatable bonds is 5. The maximum Gasteiger partial charge on any atom is 0.336 e. The van der Waals surface area contributed by atoms with Crippen molar-refractivity contribution in [1.29, 1.82) is 0 Å². The van der Waals surface area contributed by atoms with Crippen LogP contribution >= 0.6 is 12.2 Å². The topological polar surface area (TPSA) is 92.8 Å². The van der Waals surface area contributed by atoms with Crippen molar-refractivity contribution in [3.05, 3.63) is 46.0 Å². The molecule has 0 bridgehead atoms. The van der Waals surface area contributed by atoms with Crippen molar-refractivity contribution in [2.24, 2.45) is 0 Å². The van der Waals surface area contributed by atoms with E-state index in [9.17, 15) is 10.2 Å². The SMILES string of the molecule is CCOC(=O)C1=C(C)NC(=S)C(=C=[N-])C1c1ccc(OC)c(OC)c1.C[NH+]1CCOCC1. The van der Waals surface area contributed by atoms with E-state index in [4.69, 9.17) is 31.2 Å². The molecule has 0 aliphatic carbocycles. The number of ether oxygens (including phenoxy) is 4. The highest BCUT2D eigenvalue weighted by Gasteiger charge is 2.35. The zero-order chi connectivity index (χ0) is 23.7. The summed E-state index contributed by atoms with van der Waals surface area (Å²) in [6.45, 7) is 7.97. The number of carbonyl (C=O) groups excluding carboxylic acids is 1. The number of morpholine rings is 1. The van der Waals surface area contributed by atoms with Crippen molar-refractivity contribution in [3.63, 3.8) is 0 Å². The van der Waals surface area contributed by atoms with E-state index in [1.54, 1.807) is 36.9 Å². The number of hydrogen-bond acceptors (Lipinski definition) is 6. The van der Waals surface area contributed by atoms with Crippen LogP contribution in [0.25, 0.3) is 5.41 Å². The van der Waals surface area contributed by atoms with Gasteiger partial charge in [0.15, 0.2) is 11.5 Å². The molecule has 2 N–H and O–H groups in total. The summed E-state index contributed by atoms with van der Waals surface area (Å²) < 4.78 is 20.9. The molecule has 1 unspecified atom stereocenters. The summed E-state index contributed by atoms with van der Waals surface area (Å²) in [5, 5.41) is 12.5. The molecule has 0 aromatic heterocycles. The molecular weight excluding hydrogens is 430 g/mol. The molecule has 8 nitrogen and oxygen atoms in total. The Morgan fingerprint density at radius 3 is 2.44 bits per heavy atom. The first-order valence-corrected chi connectivity index (χ1v) is 10.9. The first-order valence-electron chi connectivity index (χ1n) is 10.4. The molecule has 3 rings (SSSR count). The van der Waals surface area contributed by atoms with Crippen LogP contribution < -0.4 is 19.7 Å². The van der Waals surface area contributed by atoms with Gasteiger partial charge in [-0.05, 0) is 31.5 Å². The molecule has 1 saturated heterocycles. The van der Waals surface area contributed by atoms with Gasteiger partial charge in [-0.2, -0.15) is 0 Å². The van der Waals surface area contributed by atoms with E-state index >= 15 is 0 Å². The van der Waals surface area contributed by atoms with E-state index in [0.29, 0.717) is 33.3 Å². The smallest absolute Gasteiger partial charge is 0.336 e. The van der Waals surface area contributed by atoms with Crippen LogP contribution in [0.4, 0.5) is 0 Å². The molecule has 0 saturated carbocycles. The molecule has 174 valence electrons. The molecule has 2 aliphatic heterocycles. The second kappa shape index (κ2) is 12.4. The zero-order valence-corrected chi connectivity index (χ0v) is 20.1. The Hall–Kier alpha value is -2.71. The number of likely N-dealkylation sites (N-methyl/N-ethyl adjacent to an activating group) is 1. The van der Waals surface area contributed by atoms with Gasteiger partial charge in [-0.15, -0.1) is 0 Å². The van der Waals surface area contributed by atoms with E-state index in [0.717, 1.165) is 13.2 Å². The maximum absolute atomic E-state index is 12.5. The van der Waals surface area contributed by atoms with Crippen LogP contribution in [0.1, 0.15) is 25.3 Å². The van der Waals surface area contributed by atoms with Crippen molar-refractivity contribution in [2.45, 2.75) is 19.8 Å². The third kappa shape index (κ3) is 6.17. The largest absolute Gasteiger partial charge is 0.763 e. The number of thiocarbonyl (C=S) groups is 1. The van der Waals surface area contributed by atoms with Crippen LogP contribution in [0.3, 0.4) is 0 Å². The molecule has 0 amide bonds. The minimum Gasteiger partial charge on any atom is -0.763 e. The fourth-order valence-corrected chi connectivity index (χ4v) is 3.79. The van der Waals surface area contributed by atoms with E-state index in [2.05, 4.69) is 18.2 Å². The van der Waals surface area contributed by atoms with Crippen LogP contribution in [0.5, 0.6) is 11.5 Å². The standard InChI is InChI=1S/C18H19N2O4S.C5H11NO/c1-5-24-18(21)15-10(2)20-17(25)12(9-19)16(15)11-6-7-13(22-3)14(8-11)23-4;1-6-2-4-7-5-3-6/h6-8,16H,5H2,1-4H3,(H,20,25);2-5H2,1H3/q-1;/p+1. The summed E-state index contributed by atoms with van der Waals surface area (Å²) in [6, 6.07) is 5.25. The van der Waals surface area contributed by atoms with Gasteiger partial charge >= 0.3 is 5.97 Å². The lowest BCUT2D eigenvalue weighted by atomic mass is 9.81. The minimum absolute atomic E-state index is 0.237. The Morgan fingerprint density at radius 1 is 1.28 bits per heavy atom. The van der Waals surface area contributed by atoms with Gasteiger partial charge in [0.2, 0.25) is 0 Å². The Balaban J connectivity index is 0.000000439. The van der Waals surface area contributed by atoms with Gasteiger partial charge in [-0.1, -0.05) is 18.3 Å². The molecule has 32 heavy (non-hydrogen) atoms. The molecule has 2 heterocycles. The molecular formula is C23H31N3O5S. The van der Waals surface area contributed by atoms with Crippen LogP contribution in [-0.4, -0.2) is 71.0 Å². The molecule has 0 radical (unpaired) electrons. The Kier molecular flexibility index (Phi) is 9.87. The van der Waals surface area contributed by atoms with Gasteiger partial charge < -0.3 is 34.6 Å². The lowest BCUT2D eigenvalue weighted by molar-refractivity contribution is -0.888. The molecule has 1 fully saturated rings. The van der Waals surface area contributed by atoms with Crippen LogP contribution in [0, 0.1) is 0 Å². The molecule has 1 atom stereocenters. The fourth-order valence-electron chi connectivity index (χ4n) is 3.48. The van der Waals surface area contributed by atoms with Crippen molar-refractivity contribution in [2.75, 3.05) is 54.2 Å². The number of nitrogens with one attached hydrogen (secondary N) is 2. The first-order chi connectivity index (χ1) is 15.4. The van der Waals surface area contributed by atoms with E-state index in [1.165, 1.54) is 27.3 Å². The fraction of sp³-hybridized carbons (Fsp3) is 0.478. The van der Waals surface area contributed by atoms with Crippen LogP contribution in [-0.2, 0) is 14.3 Å². The van der Waals surface area contributed by atoms with E-state index < -0.39 is 11.9 Å². The average molecular weight is 462 g/mol. The van der Waals surface area contributed by atoms with Crippen molar-refractivity contribution in [1.82, 2.24) is 5.32 Å². The number of quaternary nitrogens is 1. The number of allylic oxidation sites excluding steroid dienone is 1. The van der Waals surface area contributed by atoms with Gasteiger partial charge in [0.25, 0.3) is 0 Å². The third-order valence-corrected chi connectivity index (χ3v) is 5.55. The van der Waals surface area contributed by atoms with Gasteiger partial charge in [-0.3, -0.25) is 5.87 Å². The number of esters is 1. The highest BCUT2D eigenvalue weighted by molar-refractivity contribution is 7.80. The van der Waals surface area contributed by atoms with Crippen molar-refractivity contribution in [3.8, 4) is 11.5 Å². The molecule has 1 aromatic carbocycles. The summed E-state index contributed by atoms with van der Waals surface area (Å²) in [5.74, 6) is 2.06. The number of methoxy groups -OCH3 is 2. The van der Waals surface area contributed by atoms with E-state index in [1.807, 2.05) is 0 Å². The highest BCUT2D eigenvalue weighted by atomic mass is 32.1. The normalized spacial score (nSPS) is 18.7. The summed E-state index contributed by atoms with van der Waals surface area (Å²) in [4.78, 5) is 14.4. The Labute approximate surface area is 194 Å². The van der Waals surface area contributed by atoms with E-state index in [-0.39, 0.29) is 12.2 Å². The summed E-state index contributed by atoms with van der Waals surface area (Å²) >= 11 is 5.28. The monoisotopic (exact) mass is 461 g/mol. The summed E-state index contributed by atoms with van der Waals surface area (Å²) in [7, 11) is 5.26. The summed E-state index contributed by atoms with van der Waals surface area (Å²) in [6.07, 6.45) is 0. The number of hydrogen-bond donors (Lipinski definition) is 2. The van der Waals surface area contributed by atoms with Gasteiger partial charge in [0.05, 0.1) is 52.6 Å². The van der Waals surface area contributed by atoms with Gasteiger partial charge in [0, 0.05) is 11.3 Å². The third-order valence-electron chi connectivity index (χ3n) is 5.23. The van der Waals surface area contributed by atoms with Gasteiger partial charge in [0.1, 0.15) is 18.1 Å². The van der Waals surface area contributed by atoms with Crippen molar-refractivity contribution < 1.29 is 28.6 Å². The quantitative estimate of drug-likeness (QED) is 0.295. The molecule has 9 heteroatoms. The Morgan fingerprint density at radius 2 is 1.94 bits per heavy atom. The first kappa shape index (κ1) is 25.5. The molecule has 1 aromatic rings.